The van der Waals surface area contributed by atoms with Gasteiger partial charge in [0.2, 0.25) is 5.95 Å². The molecule has 0 spiro atoms. The molecule has 0 aliphatic carbocycles. The SMILES string of the molecule is Cc1cccc2c(=O)n(-c3cccc(C(F)(F)F)c3)c(C(C)Nc3nc(N)nc(N)c3C#N)nc12. The molecule has 1 unspecified atom stereocenters. The molecule has 0 fully saturated rings. The van der Waals surface area contributed by atoms with Crippen LogP contribution < -0.4 is 22.3 Å². The van der Waals surface area contributed by atoms with E-state index < -0.39 is 23.3 Å². The maximum absolute atomic E-state index is 13.5. The zero-order valence-electron chi connectivity index (χ0n) is 18.6. The minimum Gasteiger partial charge on any atom is -0.382 e. The third kappa shape index (κ3) is 4.31. The number of rotatable bonds is 4. The van der Waals surface area contributed by atoms with Crippen molar-refractivity contribution in [1.82, 2.24) is 19.5 Å². The molecule has 0 aliphatic rings. The van der Waals surface area contributed by atoms with E-state index in [4.69, 9.17) is 11.5 Å². The second-order valence-corrected chi connectivity index (χ2v) is 7.80. The molecule has 9 nitrogen and oxygen atoms in total. The van der Waals surface area contributed by atoms with E-state index in [2.05, 4.69) is 20.3 Å². The molecule has 2 heterocycles. The number of nitrogen functional groups attached to an aromatic ring is 2. The lowest BCUT2D eigenvalue weighted by molar-refractivity contribution is -0.137. The Morgan fingerprint density at radius 2 is 1.83 bits per heavy atom. The maximum Gasteiger partial charge on any atom is 0.416 e. The molecule has 2 aromatic heterocycles. The summed E-state index contributed by atoms with van der Waals surface area (Å²) in [6.07, 6.45) is -4.61. The number of nitrogens with two attached hydrogens (primary N) is 2. The number of para-hydroxylation sites is 1. The first-order valence-corrected chi connectivity index (χ1v) is 10.3. The normalized spacial score (nSPS) is 12.3. The van der Waals surface area contributed by atoms with Crippen molar-refractivity contribution in [2.24, 2.45) is 0 Å². The third-order valence-corrected chi connectivity index (χ3v) is 5.37. The smallest absolute Gasteiger partial charge is 0.382 e. The van der Waals surface area contributed by atoms with E-state index in [0.717, 1.165) is 16.7 Å². The Morgan fingerprint density at radius 3 is 2.51 bits per heavy atom. The fourth-order valence-electron chi connectivity index (χ4n) is 3.71. The summed E-state index contributed by atoms with van der Waals surface area (Å²) in [4.78, 5) is 25.9. The highest BCUT2D eigenvalue weighted by Crippen LogP contribution is 2.31. The number of alkyl halides is 3. The van der Waals surface area contributed by atoms with Crippen molar-refractivity contribution >= 4 is 28.5 Å². The van der Waals surface area contributed by atoms with Crippen LogP contribution in [0.25, 0.3) is 16.6 Å². The zero-order valence-corrected chi connectivity index (χ0v) is 18.6. The standard InChI is InChI=1S/C23H19F3N8O/c1-11-5-3-8-15-17(11)31-20(12(2)30-19-16(10-27)18(28)32-22(29)33-19)34(21(15)35)14-7-4-6-13(9-14)23(24,25)26/h3-9,12H,1-2H3,(H5,28,29,30,32,33). The molecule has 35 heavy (non-hydrogen) atoms. The second-order valence-electron chi connectivity index (χ2n) is 7.80. The van der Waals surface area contributed by atoms with Gasteiger partial charge in [0.15, 0.2) is 5.82 Å². The Hall–Kier alpha value is -4.66. The van der Waals surface area contributed by atoms with E-state index in [1.54, 1.807) is 32.0 Å². The fourth-order valence-corrected chi connectivity index (χ4v) is 3.71. The summed E-state index contributed by atoms with van der Waals surface area (Å²) in [6, 6.07) is 10.5. The van der Waals surface area contributed by atoms with Gasteiger partial charge >= 0.3 is 6.18 Å². The lowest BCUT2D eigenvalue weighted by atomic mass is 10.1. The molecule has 0 saturated heterocycles. The van der Waals surface area contributed by atoms with Crippen LogP contribution >= 0.6 is 0 Å². The summed E-state index contributed by atoms with van der Waals surface area (Å²) in [5, 5.41) is 12.7. The number of halogens is 3. The van der Waals surface area contributed by atoms with Crippen LogP contribution in [0.1, 0.15) is 35.5 Å². The first-order chi connectivity index (χ1) is 16.5. The number of nitrogens with one attached hydrogen (secondary N) is 1. The van der Waals surface area contributed by atoms with Crippen LogP contribution in [0.3, 0.4) is 0 Å². The molecule has 0 amide bonds. The van der Waals surface area contributed by atoms with Crippen molar-refractivity contribution in [3.05, 3.63) is 75.3 Å². The van der Waals surface area contributed by atoms with E-state index in [-0.39, 0.29) is 40.0 Å². The number of nitrogens with zero attached hydrogens (tertiary/aromatic N) is 5. The molecular weight excluding hydrogens is 461 g/mol. The van der Waals surface area contributed by atoms with Gasteiger partial charge in [-0.25, -0.2) is 4.98 Å². The van der Waals surface area contributed by atoms with Crippen LogP contribution in [-0.4, -0.2) is 19.5 Å². The number of hydrogen-bond acceptors (Lipinski definition) is 8. The van der Waals surface area contributed by atoms with Crippen LogP contribution in [-0.2, 0) is 6.18 Å². The number of aromatic nitrogens is 4. The largest absolute Gasteiger partial charge is 0.416 e. The molecule has 0 saturated carbocycles. The molecule has 0 bridgehead atoms. The Labute approximate surface area is 196 Å². The van der Waals surface area contributed by atoms with Gasteiger partial charge in [-0.05, 0) is 43.7 Å². The number of anilines is 3. The monoisotopic (exact) mass is 480 g/mol. The lowest BCUT2D eigenvalue weighted by Crippen LogP contribution is -2.28. The first kappa shape index (κ1) is 23.5. The van der Waals surface area contributed by atoms with Crippen LogP contribution in [0.2, 0.25) is 0 Å². The van der Waals surface area contributed by atoms with E-state index in [1.165, 1.54) is 12.1 Å². The molecule has 178 valence electrons. The van der Waals surface area contributed by atoms with Gasteiger partial charge in [0, 0.05) is 0 Å². The summed E-state index contributed by atoms with van der Waals surface area (Å²) in [6.45, 7) is 3.39. The highest BCUT2D eigenvalue weighted by atomic mass is 19.4. The summed E-state index contributed by atoms with van der Waals surface area (Å²) >= 11 is 0. The first-order valence-electron chi connectivity index (χ1n) is 10.3. The summed E-state index contributed by atoms with van der Waals surface area (Å²) in [7, 11) is 0. The van der Waals surface area contributed by atoms with Gasteiger partial charge in [-0.3, -0.25) is 9.36 Å². The van der Waals surface area contributed by atoms with Crippen molar-refractivity contribution in [1.29, 1.82) is 5.26 Å². The van der Waals surface area contributed by atoms with E-state index in [0.29, 0.717) is 11.1 Å². The number of aryl methyl sites for hydroxylation is 1. The van der Waals surface area contributed by atoms with E-state index in [9.17, 15) is 23.2 Å². The molecule has 1 atom stereocenters. The highest BCUT2D eigenvalue weighted by Gasteiger charge is 2.31. The molecule has 0 radical (unpaired) electrons. The Bertz CT molecular complexity index is 1560. The van der Waals surface area contributed by atoms with Gasteiger partial charge < -0.3 is 16.8 Å². The maximum atomic E-state index is 13.5. The molecule has 0 aliphatic heterocycles. The number of nitriles is 1. The lowest BCUT2D eigenvalue weighted by Gasteiger charge is -2.21. The van der Waals surface area contributed by atoms with Crippen molar-refractivity contribution in [2.75, 3.05) is 16.8 Å². The van der Waals surface area contributed by atoms with Gasteiger partial charge in [-0.1, -0.05) is 18.2 Å². The third-order valence-electron chi connectivity index (χ3n) is 5.37. The molecule has 2 aromatic carbocycles. The van der Waals surface area contributed by atoms with Crippen LogP contribution in [0.15, 0.2) is 47.3 Å². The van der Waals surface area contributed by atoms with Crippen molar-refractivity contribution in [3.8, 4) is 11.8 Å². The van der Waals surface area contributed by atoms with Crippen LogP contribution in [0, 0.1) is 18.3 Å². The quantitative estimate of drug-likeness (QED) is 0.400. The Kier molecular flexibility index (Phi) is 5.77. The van der Waals surface area contributed by atoms with Gasteiger partial charge in [0.05, 0.1) is 28.2 Å². The minimum atomic E-state index is -4.61. The minimum absolute atomic E-state index is 0.000258. The van der Waals surface area contributed by atoms with Crippen LogP contribution in [0.5, 0.6) is 0 Å². The molecule has 5 N–H and O–H groups in total. The van der Waals surface area contributed by atoms with Crippen molar-refractivity contribution in [3.63, 3.8) is 0 Å². The second kappa shape index (κ2) is 8.60. The molecule has 4 rings (SSSR count). The van der Waals surface area contributed by atoms with Gasteiger partial charge in [-0.15, -0.1) is 0 Å². The number of fused-ring (bicyclic) bond motifs is 1. The summed E-state index contributed by atoms with van der Waals surface area (Å²) in [5.41, 5.74) is 11.0. The van der Waals surface area contributed by atoms with Gasteiger partial charge in [0.1, 0.15) is 23.3 Å². The average molecular weight is 480 g/mol. The summed E-state index contributed by atoms with van der Waals surface area (Å²) < 4.78 is 41.3. The zero-order chi connectivity index (χ0) is 25.5. The fraction of sp³-hybridized carbons (Fsp3) is 0.174. The summed E-state index contributed by atoms with van der Waals surface area (Å²) in [5.74, 6) is -0.239. The average Bonchev–Trinajstić information content (AvgIpc) is 2.79. The number of benzene rings is 2. The molecule has 4 aromatic rings. The van der Waals surface area contributed by atoms with Gasteiger partial charge in [0.25, 0.3) is 5.56 Å². The topological polar surface area (TPSA) is 149 Å². The predicted molar refractivity (Wildman–Crippen MR) is 125 cm³/mol. The van der Waals surface area contributed by atoms with Crippen molar-refractivity contribution in [2.45, 2.75) is 26.1 Å². The van der Waals surface area contributed by atoms with E-state index >= 15 is 0 Å². The number of hydrogen-bond donors (Lipinski definition) is 3. The van der Waals surface area contributed by atoms with Gasteiger partial charge in [-0.2, -0.15) is 28.4 Å². The molecule has 12 heteroatoms. The van der Waals surface area contributed by atoms with E-state index in [1.807, 2.05) is 6.07 Å². The Balaban J connectivity index is 1.97. The Morgan fingerprint density at radius 1 is 1.11 bits per heavy atom. The molecular formula is C23H19F3N8O. The highest BCUT2D eigenvalue weighted by molar-refractivity contribution is 5.81. The van der Waals surface area contributed by atoms with Crippen molar-refractivity contribution < 1.29 is 13.2 Å². The predicted octanol–water partition coefficient (Wildman–Crippen LogP) is 3.71. The van der Waals surface area contributed by atoms with Crippen LogP contribution in [0.4, 0.5) is 30.8 Å².